The van der Waals surface area contributed by atoms with E-state index in [1.807, 2.05) is 0 Å². The molecule has 0 aliphatic rings. The van der Waals surface area contributed by atoms with Crippen LogP contribution in [0.25, 0.3) is 0 Å². The Morgan fingerprint density at radius 2 is 2.00 bits per heavy atom. The molecule has 1 atom stereocenters. The minimum Gasteiger partial charge on any atom is -0.444 e. The number of anilines is 1. The Kier molecular flexibility index (Phi) is 7.00. The van der Waals surface area contributed by atoms with Crippen LogP contribution in [0.1, 0.15) is 33.4 Å². The van der Waals surface area contributed by atoms with E-state index in [-0.39, 0.29) is 16.5 Å². The Morgan fingerprint density at radius 3 is 2.52 bits per heavy atom. The van der Waals surface area contributed by atoms with Crippen LogP contribution in [0.15, 0.2) is 10.5 Å². The zero-order valence-electron chi connectivity index (χ0n) is 14.5. The first-order chi connectivity index (χ1) is 11.5. The molecule has 138 valence electrons. The van der Waals surface area contributed by atoms with E-state index in [4.69, 9.17) is 10.5 Å². The third kappa shape index (κ3) is 6.85. The van der Waals surface area contributed by atoms with E-state index in [0.29, 0.717) is 0 Å². The zero-order chi connectivity index (χ0) is 19.2. The zero-order valence-corrected chi connectivity index (χ0v) is 15.3. The first-order valence-corrected chi connectivity index (χ1v) is 8.00. The highest BCUT2D eigenvalue weighted by Crippen LogP contribution is 2.18. The van der Waals surface area contributed by atoms with Gasteiger partial charge in [0.05, 0.1) is 0 Å². The second kappa shape index (κ2) is 8.53. The molecule has 0 aromatic carbocycles. The van der Waals surface area contributed by atoms with Gasteiger partial charge in [-0.25, -0.2) is 19.4 Å². The summed E-state index contributed by atoms with van der Waals surface area (Å²) in [6, 6.07) is -0.979. The third-order valence-electron chi connectivity index (χ3n) is 2.30. The number of rotatable bonds is 5. The van der Waals surface area contributed by atoms with Gasteiger partial charge in [-0.2, -0.15) is 0 Å². The minimum atomic E-state index is -1.07. The van der Waals surface area contributed by atoms with Crippen LogP contribution in [-0.2, 0) is 23.9 Å². The third-order valence-corrected chi connectivity index (χ3v) is 3.05. The van der Waals surface area contributed by atoms with Crippen LogP contribution in [0.5, 0.6) is 0 Å². The molecule has 0 bridgehead atoms. The number of nitrogens with one attached hydrogen (secondary N) is 1. The highest BCUT2D eigenvalue weighted by atomic mass is 32.1. The highest BCUT2D eigenvalue weighted by molar-refractivity contribution is 7.14. The molecule has 1 rings (SSSR count). The molecule has 0 unspecified atom stereocenters. The lowest BCUT2D eigenvalue weighted by Crippen LogP contribution is -2.33. The summed E-state index contributed by atoms with van der Waals surface area (Å²) in [5, 5.41) is 7.53. The Labute approximate surface area is 148 Å². The Hall–Kier alpha value is -2.53. The van der Waals surface area contributed by atoms with E-state index in [9.17, 15) is 14.4 Å². The summed E-state index contributed by atoms with van der Waals surface area (Å²) >= 11 is 1.02. The number of aromatic nitrogens is 1. The number of carbonyl (C=O) groups is 3. The predicted molar refractivity (Wildman–Crippen MR) is 90.3 cm³/mol. The summed E-state index contributed by atoms with van der Waals surface area (Å²) < 4.78 is 9.67. The number of nitrogens with two attached hydrogens (primary N) is 1. The summed E-state index contributed by atoms with van der Waals surface area (Å²) in [6.45, 7) is 6.52. The molecule has 0 aliphatic heterocycles. The van der Waals surface area contributed by atoms with E-state index in [0.717, 1.165) is 11.3 Å². The fraction of sp³-hybridized carbons (Fsp3) is 0.500. The van der Waals surface area contributed by atoms with Gasteiger partial charge in [0.25, 0.3) is 0 Å². The van der Waals surface area contributed by atoms with Crippen LogP contribution in [0, 0.1) is 0 Å². The highest BCUT2D eigenvalue weighted by Gasteiger charge is 2.25. The van der Waals surface area contributed by atoms with Gasteiger partial charge >= 0.3 is 18.0 Å². The molecule has 1 amide bonds. The smallest absolute Gasteiger partial charge is 0.413 e. The average Bonchev–Trinajstić information content (AvgIpc) is 2.90. The quantitative estimate of drug-likeness (QED) is 0.340. The number of amides is 1. The van der Waals surface area contributed by atoms with Crippen LogP contribution in [0.2, 0.25) is 0 Å². The maximum atomic E-state index is 12.0. The number of hydrogen-bond acceptors (Lipinski definition) is 10. The van der Waals surface area contributed by atoms with Gasteiger partial charge in [-0.05, 0) is 27.7 Å². The largest absolute Gasteiger partial charge is 0.444 e. The van der Waals surface area contributed by atoms with Crippen molar-refractivity contribution in [3.8, 4) is 0 Å². The maximum Gasteiger partial charge on any atom is 0.413 e. The van der Waals surface area contributed by atoms with Crippen molar-refractivity contribution in [3.63, 3.8) is 0 Å². The van der Waals surface area contributed by atoms with Gasteiger partial charge in [-0.1, -0.05) is 5.16 Å². The lowest BCUT2D eigenvalue weighted by molar-refractivity contribution is -0.155. The monoisotopic (exact) mass is 372 g/mol. The molecule has 0 saturated carbocycles. The Balaban J connectivity index is 2.88. The standard InChI is InChI=1S/C14H20N4O6S/c1-7(15)10(19)23-11(20)9(18-22-5)8-6-25-12(16-8)17-13(21)24-14(2,3)4/h6-7H,15H2,1-5H3,(H,16,17,21)/t7-/m0/s1. The number of carbonyl (C=O) groups excluding carboxylic acids is 3. The number of ether oxygens (including phenoxy) is 2. The SMILES string of the molecule is CON=C(C(=O)OC(=O)[C@H](C)N)c1csc(NC(=O)OC(C)(C)C)n1. The molecule has 0 saturated heterocycles. The fourth-order valence-electron chi connectivity index (χ4n) is 1.34. The molecule has 3 N–H and O–H groups in total. The van der Waals surface area contributed by atoms with E-state index in [2.05, 4.69) is 25.0 Å². The molecular weight excluding hydrogens is 352 g/mol. The van der Waals surface area contributed by atoms with E-state index in [1.54, 1.807) is 20.8 Å². The van der Waals surface area contributed by atoms with Crippen molar-refractivity contribution in [2.75, 3.05) is 12.4 Å². The molecule has 0 fully saturated rings. The molecule has 0 aliphatic carbocycles. The number of thiazole rings is 1. The van der Waals surface area contributed by atoms with Crippen molar-refractivity contribution in [2.24, 2.45) is 10.9 Å². The molecule has 10 nitrogen and oxygen atoms in total. The lowest BCUT2D eigenvalue weighted by atomic mass is 10.2. The molecule has 11 heteroatoms. The van der Waals surface area contributed by atoms with Crippen LogP contribution in [0.3, 0.4) is 0 Å². The second-order valence-electron chi connectivity index (χ2n) is 5.78. The van der Waals surface area contributed by atoms with Crippen molar-refractivity contribution in [3.05, 3.63) is 11.1 Å². The normalized spacial score (nSPS) is 13.0. The van der Waals surface area contributed by atoms with Crippen molar-refractivity contribution in [1.82, 2.24) is 4.98 Å². The molecule has 0 radical (unpaired) electrons. The number of esters is 2. The maximum absolute atomic E-state index is 12.0. The van der Waals surface area contributed by atoms with Gasteiger partial charge in [-0.3, -0.25) is 5.32 Å². The lowest BCUT2D eigenvalue weighted by Gasteiger charge is -2.18. The van der Waals surface area contributed by atoms with Gasteiger partial charge in [-0.15, -0.1) is 11.3 Å². The number of hydrogen-bond donors (Lipinski definition) is 2. The summed E-state index contributed by atoms with van der Waals surface area (Å²) in [4.78, 5) is 43.7. The van der Waals surface area contributed by atoms with Gasteiger partial charge in [0.1, 0.15) is 24.4 Å². The molecule has 0 spiro atoms. The van der Waals surface area contributed by atoms with Crippen LogP contribution < -0.4 is 11.1 Å². The van der Waals surface area contributed by atoms with Crippen molar-refractivity contribution >= 4 is 40.2 Å². The number of nitrogens with zero attached hydrogens (tertiary/aromatic N) is 2. The summed E-state index contributed by atoms with van der Waals surface area (Å²) in [7, 11) is 1.22. The van der Waals surface area contributed by atoms with E-state index in [1.165, 1.54) is 19.4 Å². The van der Waals surface area contributed by atoms with Gasteiger partial charge in [0.2, 0.25) is 5.71 Å². The fourth-order valence-corrected chi connectivity index (χ4v) is 2.02. The molecule has 25 heavy (non-hydrogen) atoms. The average molecular weight is 372 g/mol. The predicted octanol–water partition coefficient (Wildman–Crippen LogP) is 1.26. The van der Waals surface area contributed by atoms with Crippen LogP contribution in [-0.4, -0.2) is 47.5 Å². The van der Waals surface area contributed by atoms with Gasteiger partial charge in [0.15, 0.2) is 5.13 Å². The molecule has 1 aromatic rings. The van der Waals surface area contributed by atoms with Crippen LogP contribution in [0.4, 0.5) is 9.93 Å². The second-order valence-corrected chi connectivity index (χ2v) is 6.64. The first-order valence-electron chi connectivity index (χ1n) is 7.12. The first kappa shape index (κ1) is 20.5. The van der Waals surface area contributed by atoms with E-state index >= 15 is 0 Å². The Morgan fingerprint density at radius 1 is 1.36 bits per heavy atom. The molecular formula is C14H20N4O6S. The summed E-state index contributed by atoms with van der Waals surface area (Å²) in [6.07, 6.45) is -0.701. The van der Waals surface area contributed by atoms with Crippen LogP contribution >= 0.6 is 11.3 Å². The van der Waals surface area contributed by atoms with Crippen molar-refractivity contribution < 1.29 is 28.7 Å². The topological polar surface area (TPSA) is 142 Å². The summed E-state index contributed by atoms with van der Waals surface area (Å²) in [5.41, 5.74) is 4.38. The van der Waals surface area contributed by atoms with E-state index < -0.39 is 29.7 Å². The molecule has 1 heterocycles. The summed E-state index contributed by atoms with van der Waals surface area (Å²) in [5.74, 6) is -1.99. The van der Waals surface area contributed by atoms with Crippen molar-refractivity contribution in [1.29, 1.82) is 0 Å². The Bertz CT molecular complexity index is 677. The molecule has 1 aromatic heterocycles. The minimum absolute atomic E-state index is 0.0559. The van der Waals surface area contributed by atoms with Gasteiger partial charge in [0, 0.05) is 5.38 Å². The van der Waals surface area contributed by atoms with Crippen molar-refractivity contribution in [2.45, 2.75) is 39.3 Å². The number of oxime groups is 1. The van der Waals surface area contributed by atoms with Gasteiger partial charge < -0.3 is 20.0 Å².